The van der Waals surface area contributed by atoms with Gasteiger partial charge in [0.2, 0.25) is 0 Å². The van der Waals surface area contributed by atoms with Crippen molar-refractivity contribution in [2.45, 2.75) is 44.6 Å². The molecule has 11 heavy (non-hydrogen) atoms. The van der Waals surface area contributed by atoms with Crippen LogP contribution in [0.25, 0.3) is 0 Å². The summed E-state index contributed by atoms with van der Waals surface area (Å²) < 4.78 is 0. The Kier molecular flexibility index (Phi) is 2.17. The molecule has 1 N–H and O–H groups in total. The van der Waals surface area contributed by atoms with Crippen molar-refractivity contribution in [2.75, 3.05) is 0 Å². The molecule has 0 amide bonds. The van der Waals surface area contributed by atoms with Gasteiger partial charge in [-0.25, -0.2) is 0 Å². The Hall–Kier alpha value is -0.0400. The third-order valence-corrected chi connectivity index (χ3v) is 3.32. The highest BCUT2D eigenvalue weighted by atomic mass is 16.3. The summed E-state index contributed by atoms with van der Waals surface area (Å²) in [4.78, 5) is 0. The monoisotopic (exact) mass is 153 g/mol. The van der Waals surface area contributed by atoms with Gasteiger partial charge >= 0.3 is 0 Å². The van der Waals surface area contributed by atoms with E-state index in [4.69, 9.17) is 0 Å². The van der Waals surface area contributed by atoms with Crippen molar-refractivity contribution in [3.8, 4) is 0 Å². The molecule has 0 aromatic carbocycles. The maximum absolute atomic E-state index is 9.44. The predicted molar refractivity (Wildman–Crippen MR) is 45.0 cm³/mol. The number of rotatable bonds is 0. The second-order valence-electron chi connectivity index (χ2n) is 4.09. The second kappa shape index (κ2) is 3.14. The van der Waals surface area contributed by atoms with E-state index in [2.05, 4.69) is 6.42 Å². The van der Waals surface area contributed by atoms with Crippen LogP contribution in [0.3, 0.4) is 0 Å². The SMILES string of the molecule is OC1CCC2C[CH]CCC2C1. The van der Waals surface area contributed by atoms with Crippen LogP contribution in [0.5, 0.6) is 0 Å². The van der Waals surface area contributed by atoms with Crippen LogP contribution < -0.4 is 0 Å². The Labute approximate surface area is 68.8 Å². The zero-order valence-electron chi connectivity index (χ0n) is 7.00. The van der Waals surface area contributed by atoms with E-state index in [1.54, 1.807) is 0 Å². The van der Waals surface area contributed by atoms with Crippen LogP contribution in [0.15, 0.2) is 0 Å². The molecule has 3 atom stereocenters. The first-order valence-electron chi connectivity index (χ1n) is 4.86. The van der Waals surface area contributed by atoms with Crippen molar-refractivity contribution in [3.05, 3.63) is 6.42 Å². The lowest BCUT2D eigenvalue weighted by Gasteiger charge is -2.37. The summed E-state index contributed by atoms with van der Waals surface area (Å²) >= 11 is 0. The molecule has 3 unspecified atom stereocenters. The van der Waals surface area contributed by atoms with Gasteiger partial charge in [-0.2, -0.15) is 0 Å². The van der Waals surface area contributed by atoms with Crippen LogP contribution in [-0.4, -0.2) is 11.2 Å². The van der Waals surface area contributed by atoms with E-state index in [9.17, 15) is 5.11 Å². The minimum atomic E-state index is 0.0225. The highest BCUT2D eigenvalue weighted by Crippen LogP contribution is 2.39. The lowest BCUT2D eigenvalue weighted by molar-refractivity contribution is 0.0572. The molecule has 2 aliphatic rings. The highest BCUT2D eigenvalue weighted by molar-refractivity contribution is 4.88. The van der Waals surface area contributed by atoms with E-state index in [0.717, 1.165) is 24.7 Å². The first kappa shape index (κ1) is 7.60. The Balaban J connectivity index is 1.93. The van der Waals surface area contributed by atoms with E-state index in [1.807, 2.05) is 0 Å². The molecule has 2 fully saturated rings. The van der Waals surface area contributed by atoms with Gasteiger partial charge in [-0.3, -0.25) is 0 Å². The van der Waals surface area contributed by atoms with Gasteiger partial charge in [0, 0.05) is 0 Å². The number of hydrogen-bond acceptors (Lipinski definition) is 1. The maximum Gasteiger partial charge on any atom is 0.0543 e. The summed E-state index contributed by atoms with van der Waals surface area (Å²) in [6.45, 7) is 0. The molecule has 0 spiro atoms. The summed E-state index contributed by atoms with van der Waals surface area (Å²) in [6, 6.07) is 0. The van der Waals surface area contributed by atoms with E-state index in [-0.39, 0.29) is 6.10 Å². The van der Waals surface area contributed by atoms with Crippen LogP contribution in [0.1, 0.15) is 38.5 Å². The first-order valence-corrected chi connectivity index (χ1v) is 4.86. The predicted octanol–water partition coefficient (Wildman–Crippen LogP) is 2.15. The van der Waals surface area contributed by atoms with Crippen LogP contribution in [0.4, 0.5) is 0 Å². The average Bonchev–Trinajstić information content (AvgIpc) is 2.04. The average molecular weight is 153 g/mol. The van der Waals surface area contributed by atoms with Gasteiger partial charge in [0.15, 0.2) is 0 Å². The van der Waals surface area contributed by atoms with E-state index < -0.39 is 0 Å². The number of hydrogen-bond donors (Lipinski definition) is 1. The first-order chi connectivity index (χ1) is 5.36. The number of aliphatic hydroxyl groups excluding tert-OH is 1. The molecule has 2 aliphatic carbocycles. The van der Waals surface area contributed by atoms with Gasteiger partial charge in [-0.15, -0.1) is 0 Å². The summed E-state index contributed by atoms with van der Waals surface area (Å²) in [7, 11) is 0. The molecule has 2 rings (SSSR count). The normalized spacial score (nSPS) is 45.0. The van der Waals surface area contributed by atoms with Crippen LogP contribution in [-0.2, 0) is 0 Å². The highest BCUT2D eigenvalue weighted by Gasteiger charge is 2.30. The Morgan fingerprint density at radius 1 is 1.09 bits per heavy atom. The summed E-state index contributed by atoms with van der Waals surface area (Å²) in [5.41, 5.74) is 0. The Bertz CT molecular complexity index is 133. The number of aliphatic hydroxyl groups is 1. The van der Waals surface area contributed by atoms with Crippen molar-refractivity contribution in [3.63, 3.8) is 0 Å². The van der Waals surface area contributed by atoms with Gasteiger partial charge in [-0.05, 0) is 56.8 Å². The summed E-state index contributed by atoms with van der Waals surface area (Å²) in [6.07, 6.45) is 9.79. The molecule has 0 aromatic heterocycles. The molecule has 1 nitrogen and oxygen atoms in total. The van der Waals surface area contributed by atoms with Crippen molar-refractivity contribution in [2.24, 2.45) is 11.8 Å². The molecule has 63 valence electrons. The third kappa shape index (κ3) is 1.58. The second-order valence-corrected chi connectivity index (χ2v) is 4.09. The van der Waals surface area contributed by atoms with E-state index in [0.29, 0.717) is 0 Å². The molecule has 0 bridgehead atoms. The topological polar surface area (TPSA) is 20.2 Å². The lowest BCUT2D eigenvalue weighted by atomic mass is 9.70. The van der Waals surface area contributed by atoms with Crippen molar-refractivity contribution in [1.82, 2.24) is 0 Å². The molecule has 1 radical (unpaired) electrons. The molecule has 2 saturated carbocycles. The molecule has 0 aromatic rings. The van der Waals surface area contributed by atoms with Crippen LogP contribution >= 0.6 is 0 Å². The smallest absolute Gasteiger partial charge is 0.0543 e. The molecular formula is C10H17O. The molecule has 0 aliphatic heterocycles. The summed E-state index contributed by atoms with van der Waals surface area (Å²) in [5, 5.41) is 9.44. The maximum atomic E-state index is 9.44. The molecular weight excluding hydrogens is 136 g/mol. The Morgan fingerprint density at radius 3 is 2.91 bits per heavy atom. The van der Waals surface area contributed by atoms with Gasteiger partial charge < -0.3 is 5.11 Å². The van der Waals surface area contributed by atoms with Crippen molar-refractivity contribution in [1.29, 1.82) is 0 Å². The summed E-state index contributed by atoms with van der Waals surface area (Å²) in [5.74, 6) is 1.77. The van der Waals surface area contributed by atoms with Gasteiger partial charge in [-0.1, -0.05) is 0 Å². The molecule has 0 heterocycles. The quantitative estimate of drug-likeness (QED) is 0.565. The van der Waals surface area contributed by atoms with Crippen LogP contribution in [0, 0.1) is 18.3 Å². The van der Waals surface area contributed by atoms with Gasteiger partial charge in [0.1, 0.15) is 0 Å². The minimum Gasteiger partial charge on any atom is -0.393 e. The Morgan fingerprint density at radius 2 is 2.00 bits per heavy atom. The van der Waals surface area contributed by atoms with Gasteiger partial charge in [0.05, 0.1) is 6.10 Å². The number of fused-ring (bicyclic) bond motifs is 1. The van der Waals surface area contributed by atoms with E-state index in [1.165, 1.54) is 25.7 Å². The minimum absolute atomic E-state index is 0.0225. The molecule has 0 saturated heterocycles. The zero-order chi connectivity index (χ0) is 7.68. The fourth-order valence-electron chi connectivity index (χ4n) is 2.63. The molecule has 1 heteroatoms. The third-order valence-electron chi connectivity index (χ3n) is 3.32. The fourth-order valence-corrected chi connectivity index (χ4v) is 2.63. The fraction of sp³-hybridized carbons (Fsp3) is 0.900. The van der Waals surface area contributed by atoms with E-state index >= 15 is 0 Å². The zero-order valence-corrected chi connectivity index (χ0v) is 7.00. The lowest BCUT2D eigenvalue weighted by Crippen LogP contribution is -2.30. The van der Waals surface area contributed by atoms with Crippen LogP contribution in [0.2, 0.25) is 0 Å². The van der Waals surface area contributed by atoms with Gasteiger partial charge in [0.25, 0.3) is 0 Å². The van der Waals surface area contributed by atoms with Crippen molar-refractivity contribution < 1.29 is 5.11 Å². The van der Waals surface area contributed by atoms with Crippen molar-refractivity contribution >= 4 is 0 Å². The largest absolute Gasteiger partial charge is 0.393 e. The standard InChI is InChI=1S/C10H17O/c11-10-6-5-8-3-1-2-4-9(8)7-10/h1,8-11H,2-7H2.